The highest BCUT2D eigenvalue weighted by Crippen LogP contribution is 2.24. The van der Waals surface area contributed by atoms with E-state index in [0.29, 0.717) is 0 Å². The first-order valence-corrected chi connectivity index (χ1v) is 9.88. The van der Waals surface area contributed by atoms with Gasteiger partial charge in [0.15, 0.2) is 0 Å². The van der Waals surface area contributed by atoms with Crippen molar-refractivity contribution in [2.75, 3.05) is 6.54 Å². The van der Waals surface area contributed by atoms with Gasteiger partial charge in [0.05, 0.1) is 5.92 Å². The first-order valence-electron chi connectivity index (χ1n) is 9.88. The Morgan fingerprint density at radius 1 is 0.800 bits per heavy atom. The van der Waals surface area contributed by atoms with Crippen LogP contribution in [0.1, 0.15) is 37.3 Å². The number of hydrogen-bond acceptors (Lipinski definition) is 4. The van der Waals surface area contributed by atoms with Gasteiger partial charge in [-0.1, -0.05) is 74.5 Å². The topological polar surface area (TPSA) is 116 Å². The van der Waals surface area contributed by atoms with Crippen molar-refractivity contribution in [2.45, 2.75) is 38.3 Å². The molecular weight excluding hydrogens is 384 g/mol. The molecule has 2 rings (SSSR count). The second-order valence-electron chi connectivity index (χ2n) is 7.58. The van der Waals surface area contributed by atoms with Crippen molar-refractivity contribution in [1.29, 1.82) is 0 Å². The van der Waals surface area contributed by atoms with E-state index in [1.165, 1.54) is 0 Å². The second-order valence-corrected chi connectivity index (χ2v) is 7.58. The number of nitrogens with one attached hydrogen (secondary N) is 2. The average molecular weight is 412 g/mol. The average Bonchev–Trinajstić information content (AvgIpc) is 2.71. The van der Waals surface area contributed by atoms with E-state index in [-0.39, 0.29) is 24.8 Å². The molecule has 0 unspecified atom stereocenters. The number of rotatable bonds is 11. The van der Waals surface area contributed by atoms with Crippen molar-refractivity contribution in [1.82, 2.24) is 10.6 Å². The van der Waals surface area contributed by atoms with Crippen molar-refractivity contribution in [3.8, 4) is 0 Å². The summed E-state index contributed by atoms with van der Waals surface area (Å²) in [5, 5.41) is 24.2. The zero-order chi connectivity index (χ0) is 22.1. The molecular formula is C23H28N2O5. The summed E-state index contributed by atoms with van der Waals surface area (Å²) in [4.78, 5) is 36.1. The fourth-order valence-electron chi connectivity index (χ4n) is 3.26. The molecule has 2 atom stereocenters. The minimum absolute atomic E-state index is 0.0724. The number of carboxylic acids is 2. The van der Waals surface area contributed by atoms with E-state index in [9.17, 15) is 24.6 Å². The molecule has 4 N–H and O–H groups in total. The van der Waals surface area contributed by atoms with Gasteiger partial charge in [0, 0.05) is 6.54 Å². The van der Waals surface area contributed by atoms with Gasteiger partial charge in [-0.05, 0) is 23.5 Å². The zero-order valence-electron chi connectivity index (χ0n) is 17.1. The van der Waals surface area contributed by atoms with Gasteiger partial charge in [-0.3, -0.25) is 19.7 Å². The number of aliphatic carboxylic acids is 2. The summed E-state index contributed by atoms with van der Waals surface area (Å²) in [5.41, 5.74) is 1.56. The summed E-state index contributed by atoms with van der Waals surface area (Å²) < 4.78 is 0. The molecule has 2 aromatic carbocycles. The Morgan fingerprint density at radius 2 is 1.27 bits per heavy atom. The molecule has 0 heterocycles. The zero-order valence-corrected chi connectivity index (χ0v) is 17.1. The van der Waals surface area contributed by atoms with Crippen molar-refractivity contribution in [3.05, 3.63) is 71.8 Å². The lowest BCUT2D eigenvalue weighted by Gasteiger charge is -2.23. The molecule has 0 spiro atoms. The van der Waals surface area contributed by atoms with Crippen LogP contribution in [-0.2, 0) is 14.4 Å². The Hall–Kier alpha value is -3.19. The number of carboxylic acid groups (broad SMARTS) is 2. The minimum atomic E-state index is -1.22. The van der Waals surface area contributed by atoms with Crippen molar-refractivity contribution in [2.24, 2.45) is 5.92 Å². The van der Waals surface area contributed by atoms with Gasteiger partial charge < -0.3 is 15.5 Å². The lowest BCUT2D eigenvalue weighted by Crippen LogP contribution is -2.53. The molecule has 0 saturated carbocycles. The van der Waals surface area contributed by atoms with Crippen LogP contribution in [0.2, 0.25) is 0 Å². The largest absolute Gasteiger partial charge is 0.480 e. The van der Waals surface area contributed by atoms with Crippen LogP contribution >= 0.6 is 0 Å². The third-order valence-corrected chi connectivity index (χ3v) is 4.71. The van der Waals surface area contributed by atoms with E-state index < -0.39 is 29.9 Å². The Kier molecular flexibility index (Phi) is 8.55. The fraction of sp³-hybridized carbons (Fsp3) is 0.348. The quantitative estimate of drug-likeness (QED) is 0.451. The van der Waals surface area contributed by atoms with Crippen LogP contribution in [-0.4, -0.2) is 46.7 Å². The molecule has 0 aromatic heterocycles. The van der Waals surface area contributed by atoms with Gasteiger partial charge in [0.25, 0.3) is 0 Å². The van der Waals surface area contributed by atoms with Crippen LogP contribution < -0.4 is 10.6 Å². The van der Waals surface area contributed by atoms with E-state index >= 15 is 0 Å². The monoisotopic (exact) mass is 412 g/mol. The summed E-state index contributed by atoms with van der Waals surface area (Å²) >= 11 is 0. The molecule has 7 heteroatoms. The second kappa shape index (κ2) is 11.1. The highest BCUT2D eigenvalue weighted by atomic mass is 16.4. The molecule has 0 radical (unpaired) electrons. The summed E-state index contributed by atoms with van der Waals surface area (Å²) in [6, 6.07) is 16.2. The van der Waals surface area contributed by atoms with Gasteiger partial charge in [0.1, 0.15) is 12.1 Å². The van der Waals surface area contributed by atoms with E-state index in [2.05, 4.69) is 10.6 Å². The van der Waals surface area contributed by atoms with Crippen molar-refractivity contribution < 1.29 is 24.6 Å². The molecule has 0 fully saturated rings. The van der Waals surface area contributed by atoms with E-state index in [1.807, 2.05) is 74.5 Å². The highest BCUT2D eigenvalue weighted by Gasteiger charge is 2.29. The Morgan fingerprint density at radius 3 is 1.67 bits per heavy atom. The maximum absolute atomic E-state index is 13.0. The Bertz CT molecular complexity index is 800. The van der Waals surface area contributed by atoms with Crippen LogP contribution in [0.5, 0.6) is 0 Å². The third-order valence-electron chi connectivity index (χ3n) is 4.71. The van der Waals surface area contributed by atoms with Gasteiger partial charge in [-0.2, -0.15) is 0 Å². The maximum atomic E-state index is 13.0. The number of carbonyl (C=O) groups is 3. The van der Waals surface area contributed by atoms with Crippen LogP contribution in [0.15, 0.2) is 60.7 Å². The Balaban J connectivity index is 2.15. The van der Waals surface area contributed by atoms with E-state index in [4.69, 9.17) is 0 Å². The van der Waals surface area contributed by atoms with Crippen LogP contribution in [0.4, 0.5) is 0 Å². The maximum Gasteiger partial charge on any atom is 0.322 e. The molecule has 1 amide bonds. The Labute approximate surface area is 176 Å². The summed E-state index contributed by atoms with van der Waals surface area (Å²) in [5.74, 6) is -3.22. The number of amides is 1. The number of benzene rings is 2. The summed E-state index contributed by atoms with van der Waals surface area (Å²) in [7, 11) is 0. The molecule has 30 heavy (non-hydrogen) atoms. The van der Waals surface area contributed by atoms with Gasteiger partial charge in [-0.25, -0.2) is 0 Å². The molecule has 0 aliphatic carbocycles. The molecule has 0 bridgehead atoms. The van der Waals surface area contributed by atoms with Crippen LogP contribution in [0, 0.1) is 5.92 Å². The predicted octanol–water partition coefficient (Wildman–Crippen LogP) is 2.48. The lowest BCUT2D eigenvalue weighted by molar-refractivity contribution is -0.142. The third kappa shape index (κ3) is 6.70. The van der Waals surface area contributed by atoms with Crippen LogP contribution in [0.25, 0.3) is 0 Å². The highest BCUT2D eigenvalue weighted by molar-refractivity contribution is 5.88. The smallest absolute Gasteiger partial charge is 0.322 e. The SMILES string of the molecule is CC(C)C[C@H](N[C@@H](CNC(=O)C(c1ccccc1)c1ccccc1)C(=O)O)C(=O)O. The van der Waals surface area contributed by atoms with E-state index in [1.54, 1.807) is 0 Å². The van der Waals surface area contributed by atoms with Gasteiger partial charge >= 0.3 is 11.9 Å². The fourth-order valence-corrected chi connectivity index (χ4v) is 3.26. The minimum Gasteiger partial charge on any atom is -0.480 e. The van der Waals surface area contributed by atoms with Crippen molar-refractivity contribution >= 4 is 17.8 Å². The molecule has 0 aliphatic rings. The first-order chi connectivity index (χ1) is 14.3. The number of hydrogen-bond donors (Lipinski definition) is 4. The lowest BCUT2D eigenvalue weighted by atomic mass is 9.90. The molecule has 7 nitrogen and oxygen atoms in total. The van der Waals surface area contributed by atoms with Crippen molar-refractivity contribution in [3.63, 3.8) is 0 Å². The molecule has 160 valence electrons. The molecule has 0 saturated heterocycles. The standard InChI is InChI=1S/C23H28N2O5/c1-15(2)13-18(22(27)28)25-19(23(29)30)14-24-21(26)20(16-9-5-3-6-10-16)17-11-7-4-8-12-17/h3-12,15,18-20,25H,13-14H2,1-2H3,(H,24,26)(H,27,28)(H,29,30)/t18-,19-/m0/s1. The number of carbonyl (C=O) groups excluding carboxylic acids is 1. The predicted molar refractivity (Wildman–Crippen MR) is 113 cm³/mol. The summed E-state index contributed by atoms with van der Waals surface area (Å²) in [6.45, 7) is 3.49. The first kappa shape index (κ1) is 23.1. The van der Waals surface area contributed by atoms with Gasteiger partial charge in [0.2, 0.25) is 5.91 Å². The van der Waals surface area contributed by atoms with Gasteiger partial charge in [-0.15, -0.1) is 0 Å². The molecule has 2 aromatic rings. The van der Waals surface area contributed by atoms with Crippen LogP contribution in [0.3, 0.4) is 0 Å². The summed E-state index contributed by atoms with van der Waals surface area (Å²) in [6.07, 6.45) is 0.281. The normalized spacial score (nSPS) is 13.1. The van der Waals surface area contributed by atoms with E-state index in [0.717, 1.165) is 11.1 Å². The molecule has 0 aliphatic heterocycles.